The topological polar surface area (TPSA) is 117 Å². The third-order valence-electron chi connectivity index (χ3n) is 4.56. The zero-order valence-electron chi connectivity index (χ0n) is 14.3. The standard InChI is InChI=1S/C15H22N6O3.ClH/c1-19-13-12(14(23)20(2)15(19)24)21(8-18-13)6-5-11(22)17-7-10(16)9-3-4-9;/h8-10H,3-7,16H2,1-2H3,(H,17,22);1H. The van der Waals surface area contributed by atoms with Crippen molar-refractivity contribution in [2.45, 2.75) is 31.8 Å². The molecule has 138 valence electrons. The van der Waals surface area contributed by atoms with Gasteiger partial charge in [-0.1, -0.05) is 0 Å². The van der Waals surface area contributed by atoms with Crippen molar-refractivity contribution in [2.24, 2.45) is 25.7 Å². The van der Waals surface area contributed by atoms with Crippen LogP contribution in [0.1, 0.15) is 19.3 Å². The number of nitrogens with zero attached hydrogens (tertiary/aromatic N) is 4. The average molecular weight is 371 g/mol. The SMILES string of the molecule is Cl.Cn1c(=O)c2c(ncn2CCC(=O)NCC(N)C2CC2)n(C)c1=O. The fraction of sp³-hybridized carbons (Fsp3) is 0.600. The molecule has 0 aromatic carbocycles. The number of rotatable bonds is 6. The molecule has 2 aromatic rings. The van der Waals surface area contributed by atoms with Crippen molar-refractivity contribution in [3.05, 3.63) is 27.2 Å². The van der Waals surface area contributed by atoms with Gasteiger partial charge in [-0.2, -0.15) is 0 Å². The largest absolute Gasteiger partial charge is 0.354 e. The molecular formula is C15H23ClN6O3. The Bertz CT molecular complexity index is 895. The van der Waals surface area contributed by atoms with E-state index in [1.165, 1.54) is 17.9 Å². The summed E-state index contributed by atoms with van der Waals surface area (Å²) >= 11 is 0. The first-order valence-corrected chi connectivity index (χ1v) is 8.03. The van der Waals surface area contributed by atoms with Crippen LogP contribution in [0.2, 0.25) is 0 Å². The number of hydrogen-bond acceptors (Lipinski definition) is 5. The molecule has 3 N–H and O–H groups in total. The molecule has 9 nitrogen and oxygen atoms in total. The molecule has 1 saturated carbocycles. The molecule has 10 heteroatoms. The summed E-state index contributed by atoms with van der Waals surface area (Å²) in [5.41, 5.74) is 5.75. The molecule has 1 fully saturated rings. The lowest BCUT2D eigenvalue weighted by molar-refractivity contribution is -0.121. The zero-order valence-corrected chi connectivity index (χ0v) is 15.1. The van der Waals surface area contributed by atoms with Gasteiger partial charge in [-0.05, 0) is 18.8 Å². The van der Waals surface area contributed by atoms with Gasteiger partial charge in [0.25, 0.3) is 5.56 Å². The number of imidazole rings is 1. The van der Waals surface area contributed by atoms with Crippen LogP contribution in [0.5, 0.6) is 0 Å². The Labute approximate surface area is 150 Å². The van der Waals surface area contributed by atoms with Crippen LogP contribution in [-0.4, -0.2) is 37.2 Å². The molecule has 1 aliphatic rings. The maximum atomic E-state index is 12.3. The van der Waals surface area contributed by atoms with Crippen molar-refractivity contribution in [3.8, 4) is 0 Å². The number of fused-ring (bicyclic) bond motifs is 1. The Morgan fingerprint density at radius 2 is 2.04 bits per heavy atom. The Hall–Kier alpha value is -2.13. The number of nitrogens with one attached hydrogen (secondary N) is 1. The highest BCUT2D eigenvalue weighted by molar-refractivity contribution is 5.85. The number of nitrogens with two attached hydrogens (primary N) is 1. The maximum Gasteiger partial charge on any atom is 0.332 e. The van der Waals surface area contributed by atoms with Crippen LogP contribution in [0.3, 0.4) is 0 Å². The predicted octanol–water partition coefficient (Wildman–Crippen LogP) is -0.901. The van der Waals surface area contributed by atoms with E-state index in [9.17, 15) is 14.4 Å². The Morgan fingerprint density at radius 3 is 2.68 bits per heavy atom. The molecule has 2 heterocycles. The lowest BCUT2D eigenvalue weighted by Gasteiger charge is -2.12. The van der Waals surface area contributed by atoms with Crippen LogP contribution < -0.4 is 22.3 Å². The molecule has 0 bridgehead atoms. The number of halogens is 1. The summed E-state index contributed by atoms with van der Waals surface area (Å²) in [4.78, 5) is 40.3. The van der Waals surface area contributed by atoms with Crippen LogP contribution in [0.4, 0.5) is 0 Å². The Balaban J connectivity index is 0.00000225. The highest BCUT2D eigenvalue weighted by Gasteiger charge is 2.28. The predicted molar refractivity (Wildman–Crippen MR) is 95.8 cm³/mol. The first-order chi connectivity index (χ1) is 11.4. The first kappa shape index (κ1) is 19.2. The summed E-state index contributed by atoms with van der Waals surface area (Å²) in [5.74, 6) is 0.418. The Kier molecular flexibility index (Phi) is 5.69. The van der Waals surface area contributed by atoms with Gasteiger partial charge in [0.05, 0.1) is 6.33 Å². The summed E-state index contributed by atoms with van der Waals surface area (Å²) in [5, 5.41) is 2.82. The molecule has 1 unspecified atom stereocenters. The van der Waals surface area contributed by atoms with E-state index in [1.807, 2.05) is 0 Å². The number of amides is 1. The van der Waals surface area contributed by atoms with Crippen LogP contribution >= 0.6 is 12.4 Å². The van der Waals surface area contributed by atoms with E-state index in [0.29, 0.717) is 30.2 Å². The fourth-order valence-electron chi connectivity index (χ4n) is 2.80. The van der Waals surface area contributed by atoms with Gasteiger partial charge in [0.2, 0.25) is 5.91 Å². The van der Waals surface area contributed by atoms with Gasteiger partial charge in [0.15, 0.2) is 11.2 Å². The molecule has 3 rings (SSSR count). The van der Waals surface area contributed by atoms with Crippen molar-refractivity contribution < 1.29 is 4.79 Å². The van der Waals surface area contributed by atoms with E-state index in [2.05, 4.69) is 10.3 Å². The zero-order chi connectivity index (χ0) is 17.4. The van der Waals surface area contributed by atoms with E-state index < -0.39 is 11.2 Å². The number of aryl methyl sites for hydroxylation is 2. The molecule has 25 heavy (non-hydrogen) atoms. The summed E-state index contributed by atoms with van der Waals surface area (Å²) in [7, 11) is 2.99. The van der Waals surface area contributed by atoms with Crippen LogP contribution in [0.25, 0.3) is 11.2 Å². The van der Waals surface area contributed by atoms with Crippen molar-refractivity contribution in [2.75, 3.05) is 6.54 Å². The van der Waals surface area contributed by atoms with Crippen molar-refractivity contribution in [1.82, 2.24) is 24.0 Å². The van der Waals surface area contributed by atoms with Gasteiger partial charge in [-0.3, -0.25) is 18.7 Å². The molecule has 0 spiro atoms. The number of carbonyl (C=O) groups excluding carboxylic acids is 1. The van der Waals surface area contributed by atoms with E-state index in [-0.39, 0.29) is 30.8 Å². The molecular weight excluding hydrogens is 348 g/mol. The Morgan fingerprint density at radius 1 is 1.36 bits per heavy atom. The number of aromatic nitrogens is 4. The second kappa shape index (κ2) is 7.40. The maximum absolute atomic E-state index is 12.3. The van der Waals surface area contributed by atoms with Crippen LogP contribution in [0.15, 0.2) is 15.9 Å². The summed E-state index contributed by atoms with van der Waals surface area (Å²) in [6.45, 7) is 0.791. The number of carbonyl (C=O) groups is 1. The highest BCUT2D eigenvalue weighted by Crippen LogP contribution is 2.31. The molecule has 0 radical (unpaired) electrons. The van der Waals surface area contributed by atoms with E-state index in [0.717, 1.165) is 17.4 Å². The lowest BCUT2D eigenvalue weighted by Crippen LogP contribution is -2.39. The molecule has 1 amide bonds. The third kappa shape index (κ3) is 3.77. The highest BCUT2D eigenvalue weighted by atomic mass is 35.5. The smallest absolute Gasteiger partial charge is 0.332 e. The molecule has 0 saturated heterocycles. The molecule has 2 aromatic heterocycles. The molecule has 1 aliphatic carbocycles. The third-order valence-corrected chi connectivity index (χ3v) is 4.56. The summed E-state index contributed by atoms with van der Waals surface area (Å²) < 4.78 is 3.97. The monoisotopic (exact) mass is 370 g/mol. The minimum absolute atomic E-state index is 0. The van der Waals surface area contributed by atoms with Crippen LogP contribution in [-0.2, 0) is 25.4 Å². The van der Waals surface area contributed by atoms with Gasteiger partial charge in [-0.15, -0.1) is 12.4 Å². The van der Waals surface area contributed by atoms with Crippen LogP contribution in [0, 0.1) is 5.92 Å². The van der Waals surface area contributed by atoms with Gasteiger partial charge in [0.1, 0.15) is 0 Å². The van der Waals surface area contributed by atoms with E-state index in [4.69, 9.17) is 5.73 Å². The second-order valence-corrected chi connectivity index (χ2v) is 6.37. The summed E-state index contributed by atoms with van der Waals surface area (Å²) in [6.07, 6.45) is 3.98. The number of hydrogen-bond donors (Lipinski definition) is 2. The average Bonchev–Trinajstić information content (AvgIpc) is 3.33. The molecule has 1 atom stereocenters. The second-order valence-electron chi connectivity index (χ2n) is 6.37. The van der Waals surface area contributed by atoms with Crippen molar-refractivity contribution in [3.63, 3.8) is 0 Å². The minimum Gasteiger partial charge on any atom is -0.354 e. The van der Waals surface area contributed by atoms with Crippen molar-refractivity contribution in [1.29, 1.82) is 0 Å². The normalized spacial score (nSPS) is 15.0. The minimum atomic E-state index is -0.426. The van der Waals surface area contributed by atoms with Gasteiger partial charge >= 0.3 is 5.69 Å². The van der Waals surface area contributed by atoms with Gasteiger partial charge < -0.3 is 15.6 Å². The first-order valence-electron chi connectivity index (χ1n) is 8.03. The van der Waals surface area contributed by atoms with Crippen molar-refractivity contribution >= 4 is 29.5 Å². The van der Waals surface area contributed by atoms with E-state index >= 15 is 0 Å². The molecule has 0 aliphatic heterocycles. The van der Waals surface area contributed by atoms with E-state index in [1.54, 1.807) is 11.6 Å². The summed E-state index contributed by atoms with van der Waals surface area (Å²) in [6, 6.07) is 0.0184. The quantitative estimate of drug-likeness (QED) is 0.683. The lowest BCUT2D eigenvalue weighted by atomic mass is 10.2. The van der Waals surface area contributed by atoms with Gasteiger partial charge in [-0.25, -0.2) is 9.78 Å². The van der Waals surface area contributed by atoms with Gasteiger partial charge in [0, 0.05) is 39.6 Å². The fourth-order valence-corrected chi connectivity index (χ4v) is 2.80.